The van der Waals surface area contributed by atoms with Crippen molar-refractivity contribution < 1.29 is 24.2 Å². The van der Waals surface area contributed by atoms with Gasteiger partial charge in [0.15, 0.2) is 11.5 Å². The van der Waals surface area contributed by atoms with Gasteiger partial charge >= 0.3 is 5.97 Å². The molecule has 0 fully saturated rings. The summed E-state index contributed by atoms with van der Waals surface area (Å²) in [5.41, 5.74) is 0.156. The van der Waals surface area contributed by atoms with Gasteiger partial charge in [-0.2, -0.15) is 5.26 Å². The lowest BCUT2D eigenvalue weighted by Crippen LogP contribution is -2.06. The first-order chi connectivity index (χ1) is 10.1. The second kappa shape index (κ2) is 6.30. The monoisotopic (exact) mass is 285 g/mol. The number of aromatic hydroxyl groups is 2. The van der Waals surface area contributed by atoms with Gasteiger partial charge in [-0.05, 0) is 35.9 Å². The maximum atomic E-state index is 11.8. The summed E-state index contributed by atoms with van der Waals surface area (Å²) in [4.78, 5) is 11.8. The summed E-state index contributed by atoms with van der Waals surface area (Å²) in [6.45, 7) is -0.0777. The molecule has 0 radical (unpaired) electrons. The average Bonchev–Trinajstić information content (AvgIpc) is 2.99. The Bertz CT molecular complexity index is 710. The Balaban J connectivity index is 2.10. The Morgan fingerprint density at radius 3 is 2.76 bits per heavy atom. The molecule has 0 aliphatic rings. The highest BCUT2D eigenvalue weighted by atomic mass is 16.5. The predicted molar refractivity (Wildman–Crippen MR) is 71.9 cm³/mol. The standard InChI is InChI=1S/C15H11NO5/c16-8-11(6-10-3-4-13(17)14(18)7-10)15(19)21-9-12-2-1-5-20-12/h1-7,17-18H,9H2. The third kappa shape index (κ3) is 3.64. The number of hydrogen-bond acceptors (Lipinski definition) is 6. The van der Waals surface area contributed by atoms with Gasteiger partial charge in [-0.1, -0.05) is 6.07 Å². The molecule has 0 saturated carbocycles. The Morgan fingerprint density at radius 1 is 1.33 bits per heavy atom. The van der Waals surface area contributed by atoms with E-state index in [1.807, 2.05) is 0 Å². The van der Waals surface area contributed by atoms with Crippen molar-refractivity contribution in [3.05, 3.63) is 53.5 Å². The number of hydrogen-bond donors (Lipinski definition) is 2. The van der Waals surface area contributed by atoms with Crippen LogP contribution in [0.1, 0.15) is 11.3 Å². The molecule has 1 aromatic heterocycles. The van der Waals surface area contributed by atoms with Crippen molar-refractivity contribution >= 4 is 12.0 Å². The number of phenolic OH excluding ortho intramolecular Hbond substituents is 2. The van der Waals surface area contributed by atoms with E-state index in [0.717, 1.165) is 0 Å². The van der Waals surface area contributed by atoms with E-state index in [0.29, 0.717) is 11.3 Å². The Kier molecular flexibility index (Phi) is 4.26. The van der Waals surface area contributed by atoms with Crippen LogP contribution in [0, 0.1) is 11.3 Å². The molecule has 2 rings (SSSR count). The fourth-order valence-electron chi connectivity index (χ4n) is 1.54. The summed E-state index contributed by atoms with van der Waals surface area (Å²) in [6, 6.07) is 8.96. The summed E-state index contributed by atoms with van der Waals surface area (Å²) < 4.78 is 9.93. The lowest BCUT2D eigenvalue weighted by atomic mass is 10.1. The minimum atomic E-state index is -0.804. The molecule has 0 aliphatic carbocycles. The Labute approximate surface area is 120 Å². The van der Waals surface area contributed by atoms with Crippen LogP contribution in [0.4, 0.5) is 0 Å². The van der Waals surface area contributed by atoms with Crippen LogP contribution in [0.15, 0.2) is 46.6 Å². The van der Waals surface area contributed by atoms with Crippen LogP contribution in [0.25, 0.3) is 6.08 Å². The molecule has 2 aromatic rings. The molecule has 6 heteroatoms. The van der Waals surface area contributed by atoms with Crippen molar-refractivity contribution in [1.29, 1.82) is 5.26 Å². The van der Waals surface area contributed by atoms with E-state index in [9.17, 15) is 15.0 Å². The third-order valence-corrected chi connectivity index (χ3v) is 2.58. The van der Waals surface area contributed by atoms with Crippen molar-refractivity contribution in [2.75, 3.05) is 0 Å². The van der Waals surface area contributed by atoms with Crippen LogP contribution >= 0.6 is 0 Å². The Hall–Kier alpha value is -3.20. The summed E-state index contributed by atoms with van der Waals surface area (Å²) in [7, 11) is 0. The number of ether oxygens (including phenoxy) is 1. The minimum Gasteiger partial charge on any atom is -0.504 e. The first-order valence-corrected chi connectivity index (χ1v) is 5.93. The summed E-state index contributed by atoms with van der Waals surface area (Å²) in [6.07, 6.45) is 2.70. The second-order valence-electron chi connectivity index (χ2n) is 4.07. The van der Waals surface area contributed by atoms with Gasteiger partial charge in [-0.3, -0.25) is 0 Å². The molecule has 0 saturated heterocycles. The third-order valence-electron chi connectivity index (χ3n) is 2.58. The molecule has 106 valence electrons. The lowest BCUT2D eigenvalue weighted by Gasteiger charge is -2.02. The van der Waals surface area contributed by atoms with Gasteiger partial charge in [-0.15, -0.1) is 0 Å². The van der Waals surface area contributed by atoms with Crippen LogP contribution in [0.5, 0.6) is 11.5 Å². The van der Waals surface area contributed by atoms with Crippen molar-refractivity contribution in [2.24, 2.45) is 0 Å². The van der Waals surface area contributed by atoms with E-state index in [-0.39, 0.29) is 23.7 Å². The zero-order valence-corrected chi connectivity index (χ0v) is 10.8. The van der Waals surface area contributed by atoms with Crippen LogP contribution in [0.3, 0.4) is 0 Å². The maximum Gasteiger partial charge on any atom is 0.349 e. The van der Waals surface area contributed by atoms with Gasteiger partial charge in [0.1, 0.15) is 24.0 Å². The van der Waals surface area contributed by atoms with Crippen LogP contribution in [-0.2, 0) is 16.1 Å². The zero-order chi connectivity index (χ0) is 15.2. The largest absolute Gasteiger partial charge is 0.504 e. The van der Waals surface area contributed by atoms with E-state index < -0.39 is 5.97 Å². The summed E-state index contributed by atoms with van der Waals surface area (Å²) >= 11 is 0. The normalized spacial score (nSPS) is 10.9. The number of nitriles is 1. The molecular weight excluding hydrogens is 274 g/mol. The van der Waals surface area contributed by atoms with Gasteiger partial charge < -0.3 is 19.4 Å². The number of carbonyl (C=O) groups is 1. The van der Waals surface area contributed by atoms with E-state index in [4.69, 9.17) is 14.4 Å². The fraction of sp³-hybridized carbons (Fsp3) is 0.0667. The quantitative estimate of drug-likeness (QED) is 0.387. The molecule has 1 aromatic carbocycles. The lowest BCUT2D eigenvalue weighted by molar-refractivity contribution is -0.140. The second-order valence-corrected chi connectivity index (χ2v) is 4.07. The molecule has 0 amide bonds. The molecule has 0 spiro atoms. The summed E-state index contributed by atoms with van der Waals surface area (Å²) in [5.74, 6) is -0.972. The molecular formula is C15H11NO5. The number of esters is 1. The predicted octanol–water partition coefficient (Wildman–Crippen LogP) is 2.34. The van der Waals surface area contributed by atoms with Gasteiger partial charge in [0.25, 0.3) is 0 Å². The topological polar surface area (TPSA) is 104 Å². The highest BCUT2D eigenvalue weighted by molar-refractivity contribution is 5.97. The van der Waals surface area contributed by atoms with Gasteiger partial charge in [0.2, 0.25) is 0 Å². The van der Waals surface area contributed by atoms with Gasteiger partial charge in [0.05, 0.1) is 6.26 Å². The molecule has 0 atom stereocenters. The molecule has 0 bridgehead atoms. The Morgan fingerprint density at radius 2 is 2.14 bits per heavy atom. The van der Waals surface area contributed by atoms with Crippen molar-refractivity contribution in [3.8, 4) is 17.6 Å². The molecule has 6 nitrogen and oxygen atoms in total. The number of benzene rings is 1. The number of furan rings is 1. The molecule has 0 unspecified atom stereocenters. The van der Waals surface area contributed by atoms with E-state index in [2.05, 4.69) is 0 Å². The molecule has 1 heterocycles. The fourth-order valence-corrected chi connectivity index (χ4v) is 1.54. The van der Waals surface area contributed by atoms with Crippen LogP contribution < -0.4 is 0 Å². The van der Waals surface area contributed by atoms with Crippen LogP contribution in [0.2, 0.25) is 0 Å². The highest BCUT2D eigenvalue weighted by Gasteiger charge is 2.12. The zero-order valence-electron chi connectivity index (χ0n) is 10.8. The smallest absolute Gasteiger partial charge is 0.349 e. The maximum absolute atomic E-state index is 11.8. The number of rotatable bonds is 4. The van der Waals surface area contributed by atoms with E-state index >= 15 is 0 Å². The minimum absolute atomic E-state index is 0.0777. The van der Waals surface area contributed by atoms with Gasteiger partial charge in [-0.25, -0.2) is 4.79 Å². The van der Waals surface area contributed by atoms with Crippen LogP contribution in [-0.4, -0.2) is 16.2 Å². The number of nitrogens with zero attached hydrogens (tertiary/aromatic N) is 1. The highest BCUT2D eigenvalue weighted by Crippen LogP contribution is 2.26. The molecule has 0 aliphatic heterocycles. The van der Waals surface area contributed by atoms with Gasteiger partial charge in [0, 0.05) is 0 Å². The van der Waals surface area contributed by atoms with E-state index in [1.54, 1.807) is 18.2 Å². The van der Waals surface area contributed by atoms with Crippen molar-refractivity contribution in [2.45, 2.75) is 6.61 Å². The van der Waals surface area contributed by atoms with Crippen molar-refractivity contribution in [3.63, 3.8) is 0 Å². The number of carbonyl (C=O) groups excluding carboxylic acids is 1. The SMILES string of the molecule is N#CC(=Cc1ccc(O)c(O)c1)C(=O)OCc1ccco1. The first kappa shape index (κ1) is 14.2. The average molecular weight is 285 g/mol. The van der Waals surface area contributed by atoms with E-state index in [1.165, 1.54) is 30.5 Å². The summed E-state index contributed by atoms with van der Waals surface area (Å²) in [5, 5.41) is 27.5. The first-order valence-electron chi connectivity index (χ1n) is 5.93. The van der Waals surface area contributed by atoms with Crippen molar-refractivity contribution in [1.82, 2.24) is 0 Å². The molecule has 2 N–H and O–H groups in total. The molecule has 21 heavy (non-hydrogen) atoms. The number of phenols is 2.